The fourth-order valence-electron chi connectivity index (χ4n) is 1.69. The van der Waals surface area contributed by atoms with Crippen LogP contribution in [-0.4, -0.2) is 33.1 Å². The molecule has 1 fully saturated rings. The molecule has 1 heterocycles. The predicted molar refractivity (Wildman–Crippen MR) is 50.9 cm³/mol. The standard InChI is InChI=1S/C7H13FO4S2/c1-7(2)6(5-14(8,11)12)3-4-13(7,9)10/h6H,3-5H2,1-2H3. The molecule has 1 rings (SSSR count). The van der Waals surface area contributed by atoms with Crippen molar-refractivity contribution in [2.24, 2.45) is 5.92 Å². The van der Waals surface area contributed by atoms with Crippen LogP contribution in [0.2, 0.25) is 0 Å². The molecule has 1 aliphatic heterocycles. The molecular formula is C7H13FO4S2. The summed E-state index contributed by atoms with van der Waals surface area (Å²) in [6.45, 7) is 2.90. The van der Waals surface area contributed by atoms with E-state index in [1.807, 2.05) is 0 Å². The van der Waals surface area contributed by atoms with E-state index < -0.39 is 36.5 Å². The molecule has 0 aromatic carbocycles. The minimum Gasteiger partial charge on any atom is -0.228 e. The fourth-order valence-corrected chi connectivity index (χ4v) is 4.69. The van der Waals surface area contributed by atoms with Gasteiger partial charge in [0.15, 0.2) is 9.84 Å². The van der Waals surface area contributed by atoms with Gasteiger partial charge in [0, 0.05) is 0 Å². The second-order valence-electron chi connectivity index (χ2n) is 4.11. The van der Waals surface area contributed by atoms with Crippen LogP contribution < -0.4 is 0 Å². The molecule has 4 nitrogen and oxygen atoms in total. The van der Waals surface area contributed by atoms with Crippen LogP contribution >= 0.6 is 0 Å². The van der Waals surface area contributed by atoms with E-state index in [0.717, 1.165) is 0 Å². The molecule has 14 heavy (non-hydrogen) atoms. The van der Waals surface area contributed by atoms with E-state index in [0.29, 0.717) is 0 Å². The molecule has 0 N–H and O–H groups in total. The quantitative estimate of drug-likeness (QED) is 0.663. The van der Waals surface area contributed by atoms with E-state index in [9.17, 15) is 20.7 Å². The monoisotopic (exact) mass is 244 g/mol. The minimum atomic E-state index is -4.59. The van der Waals surface area contributed by atoms with Crippen molar-refractivity contribution < 1.29 is 20.7 Å². The van der Waals surface area contributed by atoms with Gasteiger partial charge in [-0.25, -0.2) is 8.42 Å². The van der Waals surface area contributed by atoms with Gasteiger partial charge in [-0.3, -0.25) is 0 Å². The zero-order valence-electron chi connectivity index (χ0n) is 8.03. The van der Waals surface area contributed by atoms with Gasteiger partial charge in [-0.2, -0.15) is 8.42 Å². The average Bonchev–Trinajstić information content (AvgIpc) is 2.10. The molecule has 0 aromatic rings. The van der Waals surface area contributed by atoms with E-state index in [1.54, 1.807) is 0 Å². The van der Waals surface area contributed by atoms with Crippen LogP contribution in [-0.2, 0) is 20.1 Å². The Bertz CT molecular complexity index is 421. The maximum Gasteiger partial charge on any atom is 0.302 e. The van der Waals surface area contributed by atoms with Gasteiger partial charge in [0.05, 0.1) is 16.3 Å². The molecule has 1 atom stereocenters. The molecule has 1 unspecified atom stereocenters. The van der Waals surface area contributed by atoms with Gasteiger partial charge < -0.3 is 0 Å². The van der Waals surface area contributed by atoms with E-state index >= 15 is 0 Å². The molecule has 0 amide bonds. The Balaban J connectivity index is 2.98. The van der Waals surface area contributed by atoms with Crippen molar-refractivity contribution in [3.05, 3.63) is 0 Å². The van der Waals surface area contributed by atoms with Crippen molar-refractivity contribution in [2.45, 2.75) is 25.0 Å². The molecule has 0 aromatic heterocycles. The molecule has 0 aliphatic carbocycles. The highest BCUT2D eigenvalue weighted by atomic mass is 32.3. The second-order valence-corrected chi connectivity index (χ2v) is 8.21. The third-order valence-electron chi connectivity index (χ3n) is 2.92. The summed E-state index contributed by atoms with van der Waals surface area (Å²) < 4.78 is 55.1. The summed E-state index contributed by atoms with van der Waals surface area (Å²) in [5, 5.41) is 0. The molecule has 0 radical (unpaired) electrons. The molecule has 0 saturated carbocycles. The van der Waals surface area contributed by atoms with Gasteiger partial charge in [0.1, 0.15) is 0 Å². The normalized spacial score (nSPS) is 30.4. The lowest BCUT2D eigenvalue weighted by Gasteiger charge is -2.23. The van der Waals surface area contributed by atoms with Gasteiger partial charge in [0.2, 0.25) is 0 Å². The summed E-state index contributed by atoms with van der Waals surface area (Å²) in [7, 11) is -7.87. The van der Waals surface area contributed by atoms with E-state index in [4.69, 9.17) is 0 Å². The Kier molecular flexibility index (Phi) is 2.69. The van der Waals surface area contributed by atoms with Crippen molar-refractivity contribution in [1.82, 2.24) is 0 Å². The molecule has 0 bridgehead atoms. The van der Waals surface area contributed by atoms with Crippen molar-refractivity contribution in [3.8, 4) is 0 Å². The highest BCUT2D eigenvalue weighted by molar-refractivity contribution is 7.93. The number of rotatable bonds is 2. The highest BCUT2D eigenvalue weighted by Gasteiger charge is 2.48. The smallest absolute Gasteiger partial charge is 0.228 e. The fraction of sp³-hybridized carbons (Fsp3) is 1.00. The van der Waals surface area contributed by atoms with Crippen LogP contribution in [0.3, 0.4) is 0 Å². The third-order valence-corrected chi connectivity index (χ3v) is 6.43. The summed E-state index contributed by atoms with van der Waals surface area (Å²) in [6, 6.07) is 0. The second kappa shape index (κ2) is 3.16. The first-order chi connectivity index (χ1) is 6.06. The Labute approximate surface area is 83.6 Å². The topological polar surface area (TPSA) is 68.3 Å². The molecular weight excluding hydrogens is 231 g/mol. The SMILES string of the molecule is CC1(C)C(CS(=O)(=O)F)CCS1(=O)=O. The Hall–Kier alpha value is -0.170. The Morgan fingerprint density at radius 3 is 2.21 bits per heavy atom. The summed E-state index contributed by atoms with van der Waals surface area (Å²) >= 11 is 0. The van der Waals surface area contributed by atoms with Crippen molar-refractivity contribution >= 4 is 20.1 Å². The van der Waals surface area contributed by atoms with Crippen LogP contribution in [0.25, 0.3) is 0 Å². The maximum absolute atomic E-state index is 12.4. The molecule has 7 heteroatoms. The average molecular weight is 244 g/mol. The summed E-state index contributed by atoms with van der Waals surface area (Å²) in [4.78, 5) is 0. The Morgan fingerprint density at radius 2 is 1.93 bits per heavy atom. The van der Waals surface area contributed by atoms with Crippen LogP contribution in [0.1, 0.15) is 20.3 Å². The number of hydrogen-bond acceptors (Lipinski definition) is 4. The number of sulfone groups is 1. The lowest BCUT2D eigenvalue weighted by atomic mass is 9.95. The van der Waals surface area contributed by atoms with Gasteiger partial charge in [-0.1, -0.05) is 0 Å². The zero-order chi connectivity index (χ0) is 11.2. The van der Waals surface area contributed by atoms with Gasteiger partial charge in [-0.05, 0) is 26.2 Å². The van der Waals surface area contributed by atoms with Crippen molar-refractivity contribution in [1.29, 1.82) is 0 Å². The number of hydrogen-bond donors (Lipinski definition) is 0. The summed E-state index contributed by atoms with van der Waals surface area (Å²) in [6.07, 6.45) is 0.221. The Morgan fingerprint density at radius 1 is 1.43 bits per heavy atom. The van der Waals surface area contributed by atoms with Crippen LogP contribution in [0.15, 0.2) is 0 Å². The van der Waals surface area contributed by atoms with Crippen molar-refractivity contribution in [2.75, 3.05) is 11.5 Å². The third kappa shape index (κ3) is 2.08. The first-order valence-corrected chi connectivity index (χ1v) is 7.41. The van der Waals surface area contributed by atoms with Gasteiger partial charge in [0.25, 0.3) is 0 Å². The van der Waals surface area contributed by atoms with E-state index in [-0.39, 0.29) is 12.2 Å². The summed E-state index contributed by atoms with van der Waals surface area (Å²) in [5.74, 6) is -1.39. The lowest BCUT2D eigenvalue weighted by molar-refractivity contribution is 0.444. The first kappa shape index (κ1) is 11.9. The van der Waals surface area contributed by atoms with E-state index in [2.05, 4.69) is 0 Å². The number of halogens is 1. The zero-order valence-corrected chi connectivity index (χ0v) is 9.66. The molecule has 1 saturated heterocycles. The summed E-state index contributed by atoms with van der Waals surface area (Å²) in [5.41, 5.74) is 0. The predicted octanol–water partition coefficient (Wildman–Crippen LogP) is 0.499. The van der Waals surface area contributed by atoms with Crippen LogP contribution in [0.5, 0.6) is 0 Å². The lowest BCUT2D eigenvalue weighted by Crippen LogP contribution is -2.36. The molecule has 84 valence electrons. The van der Waals surface area contributed by atoms with Crippen LogP contribution in [0.4, 0.5) is 3.89 Å². The maximum atomic E-state index is 12.4. The van der Waals surface area contributed by atoms with Crippen LogP contribution in [0, 0.1) is 5.92 Å². The van der Waals surface area contributed by atoms with Gasteiger partial charge in [-0.15, -0.1) is 3.89 Å². The largest absolute Gasteiger partial charge is 0.302 e. The molecule has 1 aliphatic rings. The minimum absolute atomic E-state index is 0.0554. The highest BCUT2D eigenvalue weighted by Crippen LogP contribution is 2.38. The van der Waals surface area contributed by atoms with Gasteiger partial charge >= 0.3 is 10.2 Å². The van der Waals surface area contributed by atoms with E-state index in [1.165, 1.54) is 13.8 Å². The first-order valence-electron chi connectivity index (χ1n) is 4.21. The molecule has 0 spiro atoms. The van der Waals surface area contributed by atoms with Crippen molar-refractivity contribution in [3.63, 3.8) is 0 Å².